The molecule has 0 aromatic heterocycles. The zero-order valence-electron chi connectivity index (χ0n) is 11.0. The number of hydrogen-bond donors (Lipinski definition) is 1. The van der Waals surface area contributed by atoms with Crippen LogP contribution >= 0.6 is 11.6 Å². The molecule has 0 saturated carbocycles. The molecule has 0 aliphatic carbocycles. The largest absolute Gasteiger partial charge is 0.506 e. The normalized spacial score (nSPS) is 11.4. The molecule has 2 nitrogen and oxygen atoms in total. The van der Waals surface area contributed by atoms with Crippen molar-refractivity contribution >= 4 is 23.5 Å². The van der Waals surface area contributed by atoms with Gasteiger partial charge in [0, 0.05) is 11.2 Å². The summed E-state index contributed by atoms with van der Waals surface area (Å²) >= 11 is 5.87. The van der Waals surface area contributed by atoms with Crippen molar-refractivity contribution in [3.8, 4) is 5.75 Å². The summed E-state index contributed by atoms with van der Waals surface area (Å²) in [6, 6.07) is 13.0. The average Bonchev–Trinajstić information content (AvgIpc) is 2.40. The third-order valence-corrected chi connectivity index (χ3v) is 3.13. The first-order valence-electron chi connectivity index (χ1n) is 6.19. The van der Waals surface area contributed by atoms with Crippen LogP contribution in [0.15, 0.2) is 47.5 Å². The number of phenols is 1. The second-order valence-electron chi connectivity index (χ2n) is 4.71. The van der Waals surface area contributed by atoms with E-state index < -0.39 is 0 Å². The summed E-state index contributed by atoms with van der Waals surface area (Å²) in [5, 5.41) is 10.2. The summed E-state index contributed by atoms with van der Waals surface area (Å²) in [6.07, 6.45) is 1.72. The second kappa shape index (κ2) is 5.89. The molecule has 0 saturated heterocycles. The molecule has 0 aliphatic heterocycles. The highest BCUT2D eigenvalue weighted by Gasteiger charge is 2.00. The average molecular weight is 274 g/mol. The highest BCUT2D eigenvalue weighted by Crippen LogP contribution is 2.29. The fraction of sp³-hybridized carbons (Fsp3) is 0.188. The lowest BCUT2D eigenvalue weighted by molar-refractivity contribution is 0.477. The van der Waals surface area contributed by atoms with E-state index in [-0.39, 0.29) is 5.75 Å². The number of halogens is 1. The van der Waals surface area contributed by atoms with Gasteiger partial charge in [-0.1, -0.05) is 49.7 Å². The van der Waals surface area contributed by atoms with E-state index in [4.69, 9.17) is 11.6 Å². The SMILES string of the molecule is CC(C)c1ccc(C=Nc2cc(Cl)ccc2O)cc1. The first-order valence-corrected chi connectivity index (χ1v) is 6.56. The van der Waals surface area contributed by atoms with Gasteiger partial charge in [-0.15, -0.1) is 0 Å². The Hall–Kier alpha value is -1.80. The Labute approximate surface area is 118 Å². The molecule has 0 amide bonds. The predicted octanol–water partition coefficient (Wildman–Crippen LogP) is 4.92. The minimum absolute atomic E-state index is 0.124. The number of aromatic hydroxyl groups is 1. The Balaban J connectivity index is 2.20. The highest BCUT2D eigenvalue weighted by molar-refractivity contribution is 6.30. The number of hydrogen-bond acceptors (Lipinski definition) is 2. The Kier molecular flexibility index (Phi) is 4.23. The maximum atomic E-state index is 9.66. The Morgan fingerprint density at radius 2 is 1.79 bits per heavy atom. The molecule has 0 radical (unpaired) electrons. The van der Waals surface area contributed by atoms with Gasteiger partial charge in [-0.2, -0.15) is 0 Å². The van der Waals surface area contributed by atoms with Crippen molar-refractivity contribution < 1.29 is 5.11 Å². The summed E-state index contributed by atoms with van der Waals surface area (Å²) in [5.41, 5.74) is 2.76. The van der Waals surface area contributed by atoms with Gasteiger partial charge in [0.15, 0.2) is 0 Å². The molecule has 2 rings (SSSR count). The molecule has 0 atom stereocenters. The van der Waals surface area contributed by atoms with Gasteiger partial charge in [-0.25, -0.2) is 0 Å². The third kappa shape index (κ3) is 3.58. The molecule has 0 bridgehead atoms. The minimum Gasteiger partial charge on any atom is -0.506 e. The molecule has 98 valence electrons. The number of rotatable bonds is 3. The van der Waals surface area contributed by atoms with Crippen molar-refractivity contribution in [1.29, 1.82) is 0 Å². The van der Waals surface area contributed by atoms with E-state index in [9.17, 15) is 5.11 Å². The molecule has 2 aromatic carbocycles. The highest BCUT2D eigenvalue weighted by atomic mass is 35.5. The van der Waals surface area contributed by atoms with Gasteiger partial charge in [-0.3, -0.25) is 4.99 Å². The van der Waals surface area contributed by atoms with E-state index >= 15 is 0 Å². The quantitative estimate of drug-likeness (QED) is 0.791. The summed E-state index contributed by atoms with van der Waals surface area (Å²) in [5.74, 6) is 0.641. The first-order chi connectivity index (χ1) is 9.06. The summed E-state index contributed by atoms with van der Waals surface area (Å²) in [4.78, 5) is 4.25. The van der Waals surface area contributed by atoms with E-state index in [2.05, 4.69) is 31.0 Å². The van der Waals surface area contributed by atoms with Crippen LogP contribution in [0.3, 0.4) is 0 Å². The minimum atomic E-state index is 0.124. The molecule has 0 unspecified atom stereocenters. The molecular weight excluding hydrogens is 258 g/mol. The van der Waals surface area contributed by atoms with Crippen LogP contribution in [0.4, 0.5) is 5.69 Å². The Bertz CT molecular complexity index is 588. The van der Waals surface area contributed by atoms with Gasteiger partial charge in [0.25, 0.3) is 0 Å². The standard InChI is InChI=1S/C16H16ClNO/c1-11(2)13-5-3-12(4-6-13)10-18-15-9-14(17)7-8-16(15)19/h3-11,19H,1-2H3. The fourth-order valence-electron chi connectivity index (χ4n) is 1.71. The summed E-state index contributed by atoms with van der Waals surface area (Å²) < 4.78 is 0. The van der Waals surface area contributed by atoms with Gasteiger partial charge < -0.3 is 5.11 Å². The molecule has 0 aliphatic rings. The second-order valence-corrected chi connectivity index (χ2v) is 5.15. The lowest BCUT2D eigenvalue weighted by Crippen LogP contribution is -1.88. The molecule has 0 fully saturated rings. The zero-order valence-corrected chi connectivity index (χ0v) is 11.7. The molecule has 2 aromatic rings. The van der Waals surface area contributed by atoms with Gasteiger partial charge in [0.2, 0.25) is 0 Å². The monoisotopic (exact) mass is 273 g/mol. The van der Waals surface area contributed by atoms with E-state index in [0.717, 1.165) is 5.56 Å². The first kappa shape index (κ1) is 13.6. The topological polar surface area (TPSA) is 32.6 Å². The van der Waals surface area contributed by atoms with Crippen LogP contribution in [0.25, 0.3) is 0 Å². The van der Waals surface area contributed by atoms with Gasteiger partial charge in [0.1, 0.15) is 11.4 Å². The number of benzene rings is 2. The molecule has 1 N–H and O–H groups in total. The van der Waals surface area contributed by atoms with Crippen molar-refractivity contribution in [2.24, 2.45) is 4.99 Å². The van der Waals surface area contributed by atoms with E-state index in [1.165, 1.54) is 11.6 Å². The van der Waals surface area contributed by atoms with Crippen LogP contribution in [-0.2, 0) is 0 Å². The van der Waals surface area contributed by atoms with E-state index in [1.807, 2.05) is 12.1 Å². The van der Waals surface area contributed by atoms with Gasteiger partial charge in [-0.05, 0) is 35.2 Å². The summed E-state index contributed by atoms with van der Waals surface area (Å²) in [6.45, 7) is 4.32. The van der Waals surface area contributed by atoms with Crippen LogP contribution in [0.5, 0.6) is 5.75 Å². The molecule has 3 heteroatoms. The Morgan fingerprint density at radius 1 is 1.11 bits per heavy atom. The zero-order chi connectivity index (χ0) is 13.8. The lowest BCUT2D eigenvalue weighted by atomic mass is 10.0. The molecule has 0 spiro atoms. The molecule has 0 heterocycles. The maximum Gasteiger partial charge on any atom is 0.141 e. The third-order valence-electron chi connectivity index (χ3n) is 2.89. The van der Waals surface area contributed by atoms with Crippen LogP contribution in [0, 0.1) is 0 Å². The van der Waals surface area contributed by atoms with Crippen molar-refractivity contribution in [3.63, 3.8) is 0 Å². The number of nitrogens with zero attached hydrogens (tertiary/aromatic N) is 1. The molecular formula is C16H16ClNO. The van der Waals surface area contributed by atoms with Crippen molar-refractivity contribution in [3.05, 3.63) is 58.6 Å². The van der Waals surface area contributed by atoms with Crippen molar-refractivity contribution in [2.75, 3.05) is 0 Å². The number of phenolic OH excluding ortho intramolecular Hbond substituents is 1. The van der Waals surface area contributed by atoms with Crippen LogP contribution < -0.4 is 0 Å². The van der Waals surface area contributed by atoms with E-state index in [1.54, 1.807) is 18.3 Å². The van der Waals surface area contributed by atoms with E-state index in [0.29, 0.717) is 16.6 Å². The van der Waals surface area contributed by atoms with Crippen LogP contribution in [-0.4, -0.2) is 11.3 Å². The van der Waals surface area contributed by atoms with Gasteiger partial charge >= 0.3 is 0 Å². The van der Waals surface area contributed by atoms with Crippen molar-refractivity contribution in [1.82, 2.24) is 0 Å². The lowest BCUT2D eigenvalue weighted by Gasteiger charge is -2.04. The summed E-state index contributed by atoms with van der Waals surface area (Å²) in [7, 11) is 0. The van der Waals surface area contributed by atoms with Crippen LogP contribution in [0.1, 0.15) is 30.9 Å². The van der Waals surface area contributed by atoms with Crippen molar-refractivity contribution in [2.45, 2.75) is 19.8 Å². The van der Waals surface area contributed by atoms with Gasteiger partial charge in [0.05, 0.1) is 0 Å². The maximum absolute atomic E-state index is 9.66. The van der Waals surface area contributed by atoms with Crippen LogP contribution in [0.2, 0.25) is 5.02 Å². The number of aliphatic imine (C=N–C) groups is 1. The predicted molar refractivity (Wildman–Crippen MR) is 80.9 cm³/mol. The Morgan fingerprint density at radius 3 is 2.42 bits per heavy atom. The molecule has 19 heavy (non-hydrogen) atoms. The smallest absolute Gasteiger partial charge is 0.141 e. The fourth-order valence-corrected chi connectivity index (χ4v) is 1.88.